The number of hydrogen-bond donors (Lipinski definition) is 2. The molecule has 0 aliphatic heterocycles. The summed E-state index contributed by atoms with van der Waals surface area (Å²) in [5.74, 6) is -0.766. The number of nitrogens with one attached hydrogen (secondary N) is 2. The normalized spacial score (nSPS) is 11.2. The number of benzene rings is 2. The number of alkyl halides is 3. The molecule has 0 saturated carbocycles. The minimum Gasteiger partial charge on any atom is -0.340 e. The van der Waals surface area contributed by atoms with Gasteiger partial charge in [0.2, 0.25) is 0 Å². The molecule has 5 nitrogen and oxygen atoms in total. The van der Waals surface area contributed by atoms with E-state index in [0.29, 0.717) is 5.69 Å². The standard InChI is InChI=1S/C19H14F4N4O/c1-11-24-16(18(28)27-15-5-3-2-4-14(15)20)10-17(25-11)26-13-8-6-12(7-9-13)19(21,22)23/h2-10H,1H3,(H,27,28)(H,24,25,26). The van der Waals surface area contributed by atoms with Crippen LogP contribution in [-0.2, 0) is 6.18 Å². The van der Waals surface area contributed by atoms with Crippen LogP contribution in [0.1, 0.15) is 21.9 Å². The lowest BCUT2D eigenvalue weighted by Gasteiger charge is -2.11. The lowest BCUT2D eigenvalue weighted by molar-refractivity contribution is -0.137. The van der Waals surface area contributed by atoms with Crippen LogP contribution in [-0.4, -0.2) is 15.9 Å². The van der Waals surface area contributed by atoms with Crippen LogP contribution in [0, 0.1) is 12.7 Å². The first-order valence-electron chi connectivity index (χ1n) is 8.08. The second kappa shape index (κ2) is 7.63. The molecule has 3 aromatic rings. The number of para-hydroxylation sites is 1. The van der Waals surface area contributed by atoms with Crippen LogP contribution in [0.2, 0.25) is 0 Å². The average Bonchev–Trinajstić information content (AvgIpc) is 2.63. The lowest BCUT2D eigenvalue weighted by atomic mass is 10.2. The molecule has 2 aromatic carbocycles. The fourth-order valence-corrected chi connectivity index (χ4v) is 2.39. The minimum absolute atomic E-state index is 0.000939. The smallest absolute Gasteiger partial charge is 0.340 e. The minimum atomic E-state index is -4.43. The summed E-state index contributed by atoms with van der Waals surface area (Å²) in [6.07, 6.45) is -4.43. The molecular weight excluding hydrogens is 376 g/mol. The Morgan fingerprint density at radius 3 is 2.32 bits per heavy atom. The van der Waals surface area contributed by atoms with Crippen LogP contribution in [0.5, 0.6) is 0 Å². The summed E-state index contributed by atoms with van der Waals surface area (Å²) in [7, 11) is 0. The Kier molecular flexibility index (Phi) is 5.25. The van der Waals surface area contributed by atoms with Crippen molar-refractivity contribution in [2.24, 2.45) is 0 Å². The molecule has 9 heteroatoms. The van der Waals surface area contributed by atoms with Crippen molar-refractivity contribution in [3.63, 3.8) is 0 Å². The van der Waals surface area contributed by atoms with E-state index in [2.05, 4.69) is 20.6 Å². The molecule has 0 fully saturated rings. The maximum Gasteiger partial charge on any atom is 0.416 e. The zero-order valence-electron chi connectivity index (χ0n) is 14.5. The molecule has 1 amide bonds. The molecule has 0 aliphatic carbocycles. The topological polar surface area (TPSA) is 66.9 Å². The number of hydrogen-bond acceptors (Lipinski definition) is 4. The number of carbonyl (C=O) groups excluding carboxylic acids is 1. The third kappa shape index (κ3) is 4.61. The highest BCUT2D eigenvalue weighted by atomic mass is 19.4. The van der Waals surface area contributed by atoms with Crippen molar-refractivity contribution >= 4 is 23.1 Å². The van der Waals surface area contributed by atoms with Gasteiger partial charge in [0.25, 0.3) is 5.91 Å². The van der Waals surface area contributed by atoms with Gasteiger partial charge in [-0.3, -0.25) is 4.79 Å². The van der Waals surface area contributed by atoms with Crippen molar-refractivity contribution in [1.82, 2.24) is 9.97 Å². The first-order valence-corrected chi connectivity index (χ1v) is 8.08. The summed E-state index contributed by atoms with van der Waals surface area (Å²) in [6, 6.07) is 11.4. The van der Waals surface area contributed by atoms with E-state index in [1.807, 2.05) is 0 Å². The Labute approximate surface area is 157 Å². The van der Waals surface area contributed by atoms with Crippen LogP contribution in [0.25, 0.3) is 0 Å². The molecule has 0 spiro atoms. The van der Waals surface area contributed by atoms with Gasteiger partial charge in [0.1, 0.15) is 23.2 Å². The number of anilines is 3. The largest absolute Gasteiger partial charge is 0.416 e. The van der Waals surface area contributed by atoms with Crippen molar-refractivity contribution in [2.75, 3.05) is 10.6 Å². The monoisotopic (exact) mass is 390 g/mol. The molecule has 144 valence electrons. The van der Waals surface area contributed by atoms with Gasteiger partial charge in [-0.1, -0.05) is 12.1 Å². The average molecular weight is 390 g/mol. The van der Waals surface area contributed by atoms with E-state index in [-0.39, 0.29) is 23.0 Å². The summed E-state index contributed by atoms with van der Waals surface area (Å²) in [5, 5.41) is 5.23. The molecule has 3 rings (SSSR count). The molecule has 0 radical (unpaired) electrons. The Morgan fingerprint density at radius 2 is 1.68 bits per heavy atom. The summed E-state index contributed by atoms with van der Waals surface area (Å²) < 4.78 is 51.6. The van der Waals surface area contributed by atoms with Gasteiger partial charge in [-0.05, 0) is 43.3 Å². The number of aryl methyl sites for hydroxylation is 1. The maximum absolute atomic E-state index is 13.7. The van der Waals surface area contributed by atoms with Gasteiger partial charge in [-0.15, -0.1) is 0 Å². The van der Waals surface area contributed by atoms with Gasteiger partial charge in [0.05, 0.1) is 11.3 Å². The quantitative estimate of drug-likeness (QED) is 0.620. The predicted octanol–water partition coefficient (Wildman–Crippen LogP) is 4.94. The van der Waals surface area contributed by atoms with Crippen molar-refractivity contribution in [3.05, 3.63) is 77.5 Å². The predicted molar refractivity (Wildman–Crippen MR) is 95.8 cm³/mol. The Bertz CT molecular complexity index is 1000. The van der Waals surface area contributed by atoms with Gasteiger partial charge in [0, 0.05) is 11.8 Å². The van der Waals surface area contributed by atoms with Crippen molar-refractivity contribution in [1.29, 1.82) is 0 Å². The van der Waals surface area contributed by atoms with E-state index in [1.165, 1.54) is 36.4 Å². The second-order valence-electron chi connectivity index (χ2n) is 5.82. The van der Waals surface area contributed by atoms with Gasteiger partial charge < -0.3 is 10.6 Å². The highest BCUT2D eigenvalue weighted by Gasteiger charge is 2.29. The molecule has 2 N–H and O–H groups in total. The number of halogens is 4. The van der Waals surface area contributed by atoms with E-state index < -0.39 is 23.5 Å². The molecule has 0 saturated heterocycles. The molecule has 0 bridgehead atoms. The van der Waals surface area contributed by atoms with Crippen LogP contribution in [0.3, 0.4) is 0 Å². The van der Waals surface area contributed by atoms with Gasteiger partial charge in [0.15, 0.2) is 0 Å². The van der Waals surface area contributed by atoms with Crippen LogP contribution < -0.4 is 10.6 Å². The Hall–Kier alpha value is -3.49. The highest BCUT2D eigenvalue weighted by Crippen LogP contribution is 2.30. The molecule has 28 heavy (non-hydrogen) atoms. The zero-order chi connectivity index (χ0) is 20.3. The number of nitrogens with zero attached hydrogens (tertiary/aromatic N) is 2. The molecule has 0 atom stereocenters. The van der Waals surface area contributed by atoms with Gasteiger partial charge in [-0.2, -0.15) is 13.2 Å². The molecule has 1 heterocycles. The first kappa shape index (κ1) is 19.3. The van der Waals surface area contributed by atoms with Crippen molar-refractivity contribution in [3.8, 4) is 0 Å². The van der Waals surface area contributed by atoms with Gasteiger partial charge >= 0.3 is 6.18 Å². The Balaban J connectivity index is 1.79. The number of rotatable bonds is 4. The van der Waals surface area contributed by atoms with Crippen LogP contribution >= 0.6 is 0 Å². The van der Waals surface area contributed by atoms with E-state index >= 15 is 0 Å². The second-order valence-corrected chi connectivity index (χ2v) is 5.82. The molecular formula is C19H14F4N4O. The van der Waals surface area contributed by atoms with E-state index in [1.54, 1.807) is 13.0 Å². The number of carbonyl (C=O) groups is 1. The third-order valence-corrected chi connectivity index (χ3v) is 3.68. The lowest BCUT2D eigenvalue weighted by Crippen LogP contribution is -2.16. The summed E-state index contributed by atoms with van der Waals surface area (Å²) >= 11 is 0. The molecule has 0 aliphatic rings. The number of aromatic nitrogens is 2. The highest BCUT2D eigenvalue weighted by molar-refractivity contribution is 6.03. The van der Waals surface area contributed by atoms with Crippen LogP contribution in [0.15, 0.2) is 54.6 Å². The van der Waals surface area contributed by atoms with Crippen molar-refractivity contribution < 1.29 is 22.4 Å². The van der Waals surface area contributed by atoms with E-state index in [9.17, 15) is 22.4 Å². The summed E-state index contributed by atoms with van der Waals surface area (Å²) in [4.78, 5) is 20.5. The zero-order valence-corrected chi connectivity index (χ0v) is 14.5. The maximum atomic E-state index is 13.7. The fourth-order valence-electron chi connectivity index (χ4n) is 2.39. The summed E-state index contributed by atoms with van der Waals surface area (Å²) in [5.41, 5.74) is -0.445. The molecule has 0 unspecified atom stereocenters. The third-order valence-electron chi connectivity index (χ3n) is 3.68. The first-order chi connectivity index (χ1) is 13.2. The van der Waals surface area contributed by atoms with Gasteiger partial charge in [-0.25, -0.2) is 14.4 Å². The molecule has 1 aromatic heterocycles. The fraction of sp³-hybridized carbons (Fsp3) is 0.105. The Morgan fingerprint density at radius 1 is 1.00 bits per heavy atom. The SMILES string of the molecule is Cc1nc(Nc2ccc(C(F)(F)F)cc2)cc(C(=O)Nc2ccccc2F)n1. The summed E-state index contributed by atoms with van der Waals surface area (Å²) in [6.45, 7) is 1.55. The van der Waals surface area contributed by atoms with Crippen molar-refractivity contribution in [2.45, 2.75) is 13.1 Å². The van der Waals surface area contributed by atoms with E-state index in [0.717, 1.165) is 12.1 Å². The number of amides is 1. The van der Waals surface area contributed by atoms with E-state index in [4.69, 9.17) is 0 Å². The van der Waals surface area contributed by atoms with Crippen LogP contribution in [0.4, 0.5) is 34.8 Å².